The molecule has 2 aromatic heterocycles. The molecule has 3 heterocycles. The van der Waals surface area contributed by atoms with E-state index in [1.54, 1.807) is 31.9 Å². The van der Waals surface area contributed by atoms with E-state index in [9.17, 15) is 9.59 Å². The van der Waals surface area contributed by atoms with Crippen molar-refractivity contribution < 1.29 is 24.0 Å². The van der Waals surface area contributed by atoms with Gasteiger partial charge in [0.15, 0.2) is 0 Å². The van der Waals surface area contributed by atoms with Crippen molar-refractivity contribution >= 4 is 23.0 Å². The van der Waals surface area contributed by atoms with E-state index in [0.717, 1.165) is 0 Å². The van der Waals surface area contributed by atoms with E-state index in [1.165, 1.54) is 0 Å². The van der Waals surface area contributed by atoms with Gasteiger partial charge in [-0.15, -0.1) is 0 Å². The van der Waals surface area contributed by atoms with E-state index < -0.39 is 12.0 Å². The van der Waals surface area contributed by atoms with Crippen LogP contribution in [0.1, 0.15) is 34.6 Å². The lowest BCUT2D eigenvalue weighted by Crippen LogP contribution is -2.37. The van der Waals surface area contributed by atoms with Crippen LogP contribution in [0.25, 0.3) is 11.1 Å². The SMILES string of the molecule is COC1CC(CC(=O)O)N(C(=O)c2cc(C)nc3onc(C)c23)C1. The predicted octanol–water partition coefficient (Wildman–Crippen LogP) is 1.54. The predicted molar refractivity (Wildman–Crippen MR) is 83.8 cm³/mol. The zero-order valence-electron chi connectivity index (χ0n) is 13.8. The van der Waals surface area contributed by atoms with Gasteiger partial charge in [-0.25, -0.2) is 4.98 Å². The first-order valence-electron chi connectivity index (χ1n) is 7.70. The summed E-state index contributed by atoms with van der Waals surface area (Å²) >= 11 is 0. The highest BCUT2D eigenvalue weighted by molar-refractivity contribution is 6.06. The Labute approximate surface area is 138 Å². The molecule has 8 nitrogen and oxygen atoms in total. The first-order valence-corrected chi connectivity index (χ1v) is 7.70. The molecule has 0 aromatic carbocycles. The van der Waals surface area contributed by atoms with Crippen LogP contribution >= 0.6 is 0 Å². The first-order chi connectivity index (χ1) is 11.4. The lowest BCUT2D eigenvalue weighted by atomic mass is 10.1. The number of carboxylic acid groups (broad SMARTS) is 1. The number of rotatable bonds is 4. The summed E-state index contributed by atoms with van der Waals surface area (Å²) < 4.78 is 10.5. The molecule has 3 rings (SSSR count). The van der Waals surface area contributed by atoms with Gasteiger partial charge in [0.25, 0.3) is 11.6 Å². The van der Waals surface area contributed by atoms with E-state index in [1.807, 2.05) is 0 Å². The summed E-state index contributed by atoms with van der Waals surface area (Å²) in [6, 6.07) is 1.29. The minimum atomic E-state index is -0.938. The number of likely N-dealkylation sites (tertiary alicyclic amines) is 1. The molecule has 2 atom stereocenters. The monoisotopic (exact) mass is 333 g/mol. The molecule has 1 amide bonds. The number of carbonyl (C=O) groups is 2. The smallest absolute Gasteiger partial charge is 0.305 e. The molecule has 0 bridgehead atoms. The van der Waals surface area contributed by atoms with Gasteiger partial charge >= 0.3 is 5.97 Å². The molecule has 1 aliphatic rings. The fourth-order valence-electron chi connectivity index (χ4n) is 3.23. The summed E-state index contributed by atoms with van der Waals surface area (Å²) in [4.78, 5) is 30.0. The summed E-state index contributed by atoms with van der Waals surface area (Å²) in [5.41, 5.74) is 1.97. The minimum absolute atomic E-state index is 0.110. The lowest BCUT2D eigenvalue weighted by molar-refractivity contribution is -0.137. The average Bonchev–Trinajstić information content (AvgIpc) is 3.09. The Hall–Kier alpha value is -2.48. The molecule has 0 radical (unpaired) electrons. The quantitative estimate of drug-likeness (QED) is 0.904. The van der Waals surface area contributed by atoms with Gasteiger partial charge in [-0.1, -0.05) is 5.16 Å². The second-order valence-electron chi connectivity index (χ2n) is 6.06. The summed E-state index contributed by atoms with van der Waals surface area (Å²) in [5.74, 6) is -1.19. The molecule has 0 saturated carbocycles. The van der Waals surface area contributed by atoms with Gasteiger partial charge < -0.3 is 19.3 Å². The van der Waals surface area contributed by atoms with Crippen molar-refractivity contribution in [1.29, 1.82) is 0 Å². The van der Waals surface area contributed by atoms with Crippen molar-refractivity contribution in [2.45, 2.75) is 38.8 Å². The van der Waals surface area contributed by atoms with E-state index >= 15 is 0 Å². The normalized spacial score (nSPS) is 20.7. The molecule has 0 spiro atoms. The Morgan fingerprint density at radius 2 is 2.21 bits per heavy atom. The van der Waals surface area contributed by atoms with Crippen molar-refractivity contribution in [2.75, 3.05) is 13.7 Å². The Kier molecular flexibility index (Phi) is 4.23. The molecule has 1 fully saturated rings. The Morgan fingerprint density at radius 1 is 1.46 bits per heavy atom. The van der Waals surface area contributed by atoms with Gasteiger partial charge in [0.2, 0.25) is 0 Å². The van der Waals surface area contributed by atoms with Crippen LogP contribution in [-0.4, -0.2) is 57.8 Å². The van der Waals surface area contributed by atoms with Crippen LogP contribution in [0.5, 0.6) is 0 Å². The molecule has 1 N–H and O–H groups in total. The van der Waals surface area contributed by atoms with Gasteiger partial charge in [0.1, 0.15) is 0 Å². The third-order valence-electron chi connectivity index (χ3n) is 4.36. The third kappa shape index (κ3) is 2.84. The van der Waals surface area contributed by atoms with Crippen LogP contribution in [-0.2, 0) is 9.53 Å². The molecule has 24 heavy (non-hydrogen) atoms. The number of carbonyl (C=O) groups excluding carboxylic acids is 1. The largest absolute Gasteiger partial charge is 0.481 e. The maximum absolute atomic E-state index is 13.1. The molecular weight excluding hydrogens is 314 g/mol. The zero-order chi connectivity index (χ0) is 17.4. The van der Waals surface area contributed by atoms with E-state index in [4.69, 9.17) is 14.4 Å². The Bertz CT molecular complexity index is 800. The number of carboxylic acids is 1. The molecule has 8 heteroatoms. The number of nitrogens with zero attached hydrogens (tertiary/aromatic N) is 3. The molecule has 2 unspecified atom stereocenters. The second-order valence-corrected chi connectivity index (χ2v) is 6.06. The molecule has 128 valence electrons. The highest BCUT2D eigenvalue weighted by Gasteiger charge is 2.38. The van der Waals surface area contributed by atoms with Crippen molar-refractivity contribution in [3.63, 3.8) is 0 Å². The number of aryl methyl sites for hydroxylation is 2. The van der Waals surface area contributed by atoms with E-state index in [0.29, 0.717) is 41.0 Å². The van der Waals surface area contributed by atoms with Crippen LogP contribution in [0.4, 0.5) is 0 Å². The number of aromatic nitrogens is 2. The standard InChI is InChI=1S/C16H19N3O5/c1-8-4-12(14-9(2)18-24-15(14)17-8)16(22)19-7-11(23-3)5-10(19)6-13(20)21/h4,10-11H,5-7H2,1-3H3,(H,20,21). The molecule has 1 saturated heterocycles. The van der Waals surface area contributed by atoms with E-state index in [-0.39, 0.29) is 18.4 Å². The number of amides is 1. The van der Waals surface area contributed by atoms with Crippen LogP contribution in [0.3, 0.4) is 0 Å². The van der Waals surface area contributed by atoms with Gasteiger partial charge in [-0.05, 0) is 26.3 Å². The zero-order valence-corrected chi connectivity index (χ0v) is 13.8. The number of pyridine rings is 1. The highest BCUT2D eigenvalue weighted by Crippen LogP contribution is 2.28. The molecule has 1 aliphatic heterocycles. The summed E-state index contributed by atoms with van der Waals surface area (Å²) in [6.45, 7) is 3.88. The fraction of sp³-hybridized carbons (Fsp3) is 0.500. The number of ether oxygens (including phenoxy) is 1. The molecular formula is C16H19N3O5. The topological polar surface area (TPSA) is 106 Å². The second kappa shape index (κ2) is 6.20. The van der Waals surface area contributed by atoms with Crippen LogP contribution in [0, 0.1) is 13.8 Å². The Balaban J connectivity index is 2.01. The number of aliphatic carboxylic acids is 1. The molecule has 2 aromatic rings. The van der Waals surface area contributed by atoms with Crippen molar-refractivity contribution in [3.8, 4) is 0 Å². The average molecular weight is 333 g/mol. The fourth-order valence-corrected chi connectivity index (χ4v) is 3.23. The van der Waals surface area contributed by atoms with Crippen molar-refractivity contribution in [3.05, 3.63) is 23.0 Å². The summed E-state index contributed by atoms with van der Waals surface area (Å²) in [6.07, 6.45) is 0.228. The number of fused-ring (bicyclic) bond motifs is 1. The van der Waals surface area contributed by atoms with Crippen LogP contribution in [0.2, 0.25) is 0 Å². The molecule has 0 aliphatic carbocycles. The van der Waals surface area contributed by atoms with Crippen molar-refractivity contribution in [2.24, 2.45) is 0 Å². The number of hydrogen-bond acceptors (Lipinski definition) is 6. The van der Waals surface area contributed by atoms with Gasteiger partial charge in [-0.2, -0.15) is 0 Å². The maximum atomic E-state index is 13.1. The van der Waals surface area contributed by atoms with Crippen LogP contribution < -0.4 is 0 Å². The van der Waals surface area contributed by atoms with E-state index in [2.05, 4.69) is 10.1 Å². The first kappa shape index (κ1) is 16.4. The summed E-state index contributed by atoms with van der Waals surface area (Å²) in [7, 11) is 1.56. The highest BCUT2D eigenvalue weighted by atomic mass is 16.5. The third-order valence-corrected chi connectivity index (χ3v) is 4.36. The lowest BCUT2D eigenvalue weighted by Gasteiger charge is -2.23. The van der Waals surface area contributed by atoms with Crippen LogP contribution in [0.15, 0.2) is 10.6 Å². The maximum Gasteiger partial charge on any atom is 0.305 e. The number of hydrogen-bond donors (Lipinski definition) is 1. The van der Waals surface area contributed by atoms with Gasteiger partial charge in [-0.3, -0.25) is 9.59 Å². The Morgan fingerprint density at radius 3 is 2.88 bits per heavy atom. The minimum Gasteiger partial charge on any atom is -0.481 e. The van der Waals surface area contributed by atoms with Gasteiger partial charge in [0.05, 0.1) is 29.2 Å². The number of methoxy groups -OCH3 is 1. The van der Waals surface area contributed by atoms with Gasteiger partial charge in [0, 0.05) is 25.4 Å². The summed E-state index contributed by atoms with van der Waals surface area (Å²) in [5, 5.41) is 13.6. The van der Waals surface area contributed by atoms with Crippen molar-refractivity contribution in [1.82, 2.24) is 15.0 Å².